The standard InChI is InChI=1S/C14H14N4O2/c1-2-7-17(14(19)20)18-9-16-12-8-15-11-6-4-3-5-10(11)13(12)18/h3-6,8-9H,2,7H2,1H3,(H,19,20). The number of amides is 1. The number of nitrogens with zero attached hydrogens (tertiary/aromatic N) is 4. The zero-order valence-electron chi connectivity index (χ0n) is 11.0. The van der Waals surface area contributed by atoms with E-state index in [4.69, 9.17) is 0 Å². The lowest BCUT2D eigenvalue weighted by molar-refractivity contribution is 0.195. The van der Waals surface area contributed by atoms with Gasteiger partial charge < -0.3 is 5.11 Å². The predicted octanol–water partition coefficient (Wildman–Crippen LogP) is 2.61. The third-order valence-electron chi connectivity index (χ3n) is 3.18. The Morgan fingerprint density at radius 3 is 2.85 bits per heavy atom. The van der Waals surface area contributed by atoms with Crippen LogP contribution in [0.3, 0.4) is 0 Å². The van der Waals surface area contributed by atoms with Crippen LogP contribution in [0.2, 0.25) is 0 Å². The zero-order valence-corrected chi connectivity index (χ0v) is 11.0. The Morgan fingerprint density at radius 2 is 2.10 bits per heavy atom. The van der Waals surface area contributed by atoms with Crippen molar-refractivity contribution in [1.29, 1.82) is 0 Å². The second-order valence-corrected chi connectivity index (χ2v) is 4.50. The molecule has 0 unspecified atom stereocenters. The van der Waals surface area contributed by atoms with E-state index in [1.54, 1.807) is 10.9 Å². The lowest BCUT2D eigenvalue weighted by Crippen LogP contribution is -2.39. The zero-order chi connectivity index (χ0) is 14.1. The molecule has 0 bridgehead atoms. The molecule has 0 aliphatic heterocycles. The molecule has 102 valence electrons. The highest BCUT2D eigenvalue weighted by molar-refractivity contribution is 6.02. The molecule has 3 rings (SSSR count). The van der Waals surface area contributed by atoms with Gasteiger partial charge in [-0.3, -0.25) is 4.98 Å². The summed E-state index contributed by atoms with van der Waals surface area (Å²) < 4.78 is 1.59. The van der Waals surface area contributed by atoms with E-state index in [2.05, 4.69) is 9.97 Å². The quantitative estimate of drug-likeness (QED) is 0.794. The first-order valence-corrected chi connectivity index (χ1v) is 6.44. The molecule has 1 aromatic carbocycles. The molecule has 0 radical (unpaired) electrons. The summed E-state index contributed by atoms with van der Waals surface area (Å²) in [7, 11) is 0. The molecule has 1 amide bonds. The molecule has 0 spiro atoms. The van der Waals surface area contributed by atoms with E-state index < -0.39 is 6.09 Å². The molecule has 0 aliphatic rings. The van der Waals surface area contributed by atoms with Gasteiger partial charge in [0.2, 0.25) is 0 Å². The fourth-order valence-electron chi connectivity index (χ4n) is 2.32. The van der Waals surface area contributed by atoms with Gasteiger partial charge in [-0.15, -0.1) is 0 Å². The van der Waals surface area contributed by atoms with Crippen molar-refractivity contribution in [1.82, 2.24) is 14.6 Å². The number of carboxylic acid groups (broad SMARTS) is 1. The number of para-hydroxylation sites is 1. The first kappa shape index (κ1) is 12.4. The number of aromatic nitrogens is 3. The summed E-state index contributed by atoms with van der Waals surface area (Å²) in [6, 6.07) is 7.64. The monoisotopic (exact) mass is 270 g/mol. The van der Waals surface area contributed by atoms with Crippen molar-refractivity contribution >= 4 is 28.0 Å². The Morgan fingerprint density at radius 1 is 1.30 bits per heavy atom. The summed E-state index contributed by atoms with van der Waals surface area (Å²) in [5.74, 6) is 0. The van der Waals surface area contributed by atoms with Crippen LogP contribution in [-0.4, -0.2) is 32.4 Å². The number of hydrogen-bond donors (Lipinski definition) is 1. The molecule has 0 saturated heterocycles. The van der Waals surface area contributed by atoms with E-state index in [0.29, 0.717) is 12.1 Å². The highest BCUT2D eigenvalue weighted by Gasteiger charge is 2.17. The van der Waals surface area contributed by atoms with Crippen LogP contribution in [0.25, 0.3) is 21.9 Å². The minimum atomic E-state index is -0.993. The van der Waals surface area contributed by atoms with Gasteiger partial charge in [0.1, 0.15) is 17.4 Å². The topological polar surface area (TPSA) is 71.2 Å². The molecule has 2 aromatic heterocycles. The minimum Gasteiger partial charge on any atom is -0.464 e. The first-order valence-electron chi connectivity index (χ1n) is 6.44. The van der Waals surface area contributed by atoms with Gasteiger partial charge in [0.15, 0.2) is 0 Å². The fourth-order valence-corrected chi connectivity index (χ4v) is 2.32. The van der Waals surface area contributed by atoms with Gasteiger partial charge >= 0.3 is 6.09 Å². The van der Waals surface area contributed by atoms with Crippen LogP contribution in [0.1, 0.15) is 13.3 Å². The van der Waals surface area contributed by atoms with Crippen molar-refractivity contribution in [3.05, 3.63) is 36.8 Å². The van der Waals surface area contributed by atoms with Crippen LogP contribution in [0.5, 0.6) is 0 Å². The van der Waals surface area contributed by atoms with Gasteiger partial charge in [-0.2, -0.15) is 0 Å². The summed E-state index contributed by atoms with van der Waals surface area (Å²) in [5, 5.41) is 11.5. The maximum atomic E-state index is 11.4. The van der Waals surface area contributed by atoms with Crippen molar-refractivity contribution in [2.24, 2.45) is 0 Å². The Hall–Kier alpha value is -2.63. The Bertz CT molecular complexity index is 781. The Kier molecular flexibility index (Phi) is 2.98. The normalized spacial score (nSPS) is 11.1. The highest BCUT2D eigenvalue weighted by Crippen LogP contribution is 2.22. The van der Waals surface area contributed by atoms with E-state index in [1.165, 1.54) is 11.3 Å². The maximum absolute atomic E-state index is 11.4. The Labute approximate surface area is 115 Å². The molecule has 20 heavy (non-hydrogen) atoms. The van der Waals surface area contributed by atoms with Crippen LogP contribution in [0.15, 0.2) is 36.8 Å². The molecule has 6 heteroatoms. The van der Waals surface area contributed by atoms with Crippen LogP contribution >= 0.6 is 0 Å². The second-order valence-electron chi connectivity index (χ2n) is 4.50. The van der Waals surface area contributed by atoms with E-state index in [0.717, 1.165) is 22.8 Å². The lowest BCUT2D eigenvalue weighted by atomic mass is 10.2. The van der Waals surface area contributed by atoms with Crippen LogP contribution in [0.4, 0.5) is 4.79 Å². The van der Waals surface area contributed by atoms with E-state index in [9.17, 15) is 9.90 Å². The molecular weight excluding hydrogens is 256 g/mol. The van der Waals surface area contributed by atoms with Gasteiger partial charge in [-0.05, 0) is 12.5 Å². The lowest BCUT2D eigenvalue weighted by Gasteiger charge is -2.20. The van der Waals surface area contributed by atoms with Gasteiger partial charge in [0.05, 0.1) is 11.7 Å². The van der Waals surface area contributed by atoms with Crippen LogP contribution < -0.4 is 5.01 Å². The highest BCUT2D eigenvalue weighted by atomic mass is 16.4. The summed E-state index contributed by atoms with van der Waals surface area (Å²) >= 11 is 0. The molecule has 0 atom stereocenters. The van der Waals surface area contributed by atoms with Crippen molar-refractivity contribution in [2.75, 3.05) is 11.6 Å². The molecule has 0 aliphatic carbocycles. The van der Waals surface area contributed by atoms with Crippen molar-refractivity contribution in [2.45, 2.75) is 13.3 Å². The van der Waals surface area contributed by atoms with Gasteiger partial charge in [0.25, 0.3) is 0 Å². The number of imidazole rings is 1. The first-order chi connectivity index (χ1) is 9.72. The smallest absolute Gasteiger partial charge is 0.426 e. The van der Waals surface area contributed by atoms with Crippen molar-refractivity contribution in [3.8, 4) is 0 Å². The second kappa shape index (κ2) is 4.80. The average Bonchev–Trinajstić information content (AvgIpc) is 2.88. The van der Waals surface area contributed by atoms with Crippen LogP contribution in [-0.2, 0) is 0 Å². The van der Waals surface area contributed by atoms with E-state index >= 15 is 0 Å². The SMILES string of the molecule is CCCN(C(=O)O)n1cnc2cnc3ccccc3c21. The van der Waals surface area contributed by atoms with E-state index in [1.807, 2.05) is 31.2 Å². The molecule has 2 heterocycles. The summed E-state index contributed by atoms with van der Waals surface area (Å²) in [5.41, 5.74) is 2.28. The maximum Gasteiger partial charge on any atom is 0.426 e. The number of rotatable bonds is 3. The van der Waals surface area contributed by atoms with Crippen LogP contribution in [0, 0.1) is 0 Å². The summed E-state index contributed by atoms with van der Waals surface area (Å²) in [6.45, 7) is 2.35. The van der Waals surface area contributed by atoms with Gasteiger partial charge in [0, 0.05) is 11.9 Å². The minimum absolute atomic E-state index is 0.414. The van der Waals surface area contributed by atoms with Gasteiger partial charge in [-0.25, -0.2) is 19.5 Å². The van der Waals surface area contributed by atoms with Crippen molar-refractivity contribution < 1.29 is 9.90 Å². The molecule has 0 fully saturated rings. The Balaban J connectivity index is 2.30. The largest absolute Gasteiger partial charge is 0.464 e. The number of carbonyl (C=O) groups is 1. The van der Waals surface area contributed by atoms with Crippen molar-refractivity contribution in [3.63, 3.8) is 0 Å². The summed E-state index contributed by atoms with van der Waals surface area (Å²) in [6.07, 6.45) is 2.93. The summed E-state index contributed by atoms with van der Waals surface area (Å²) in [4.78, 5) is 20.0. The van der Waals surface area contributed by atoms with Gasteiger partial charge in [-0.1, -0.05) is 25.1 Å². The third-order valence-corrected chi connectivity index (χ3v) is 3.18. The number of fused-ring (bicyclic) bond motifs is 3. The molecule has 3 aromatic rings. The molecule has 0 saturated carbocycles. The number of benzene rings is 1. The predicted molar refractivity (Wildman–Crippen MR) is 76.4 cm³/mol. The molecular formula is C14H14N4O2. The average molecular weight is 270 g/mol. The number of hydrogen-bond acceptors (Lipinski definition) is 3. The fraction of sp³-hybridized carbons (Fsp3) is 0.214. The third kappa shape index (κ3) is 1.85. The molecule has 1 N–H and O–H groups in total. The van der Waals surface area contributed by atoms with E-state index in [-0.39, 0.29) is 0 Å². The number of pyridine rings is 1. The molecule has 6 nitrogen and oxygen atoms in total.